The van der Waals surface area contributed by atoms with E-state index in [1.54, 1.807) is 11.0 Å². The smallest absolute Gasteiger partial charge is 0.224 e. The summed E-state index contributed by atoms with van der Waals surface area (Å²) in [6.45, 7) is 1.98. The Labute approximate surface area is 106 Å². The van der Waals surface area contributed by atoms with Crippen molar-refractivity contribution in [2.75, 3.05) is 5.32 Å². The minimum atomic E-state index is 0.0311. The number of hydrogen-bond acceptors (Lipinski definition) is 3. The van der Waals surface area contributed by atoms with Crippen molar-refractivity contribution in [3.05, 3.63) is 30.6 Å². The van der Waals surface area contributed by atoms with Crippen molar-refractivity contribution < 1.29 is 4.79 Å². The fraction of sp³-hybridized carbons (Fsp3) is 0.308. The molecule has 5 nitrogen and oxygen atoms in total. The van der Waals surface area contributed by atoms with Gasteiger partial charge in [0.2, 0.25) is 5.91 Å². The Morgan fingerprint density at radius 3 is 2.94 bits per heavy atom. The summed E-state index contributed by atoms with van der Waals surface area (Å²) in [7, 11) is 1.82. The maximum absolute atomic E-state index is 11.5. The maximum Gasteiger partial charge on any atom is 0.224 e. The third-order valence-electron chi connectivity index (χ3n) is 2.48. The Balaban J connectivity index is 2.17. The number of nitrogens with zero attached hydrogens (tertiary/aromatic N) is 3. The van der Waals surface area contributed by atoms with Crippen molar-refractivity contribution >= 4 is 11.6 Å². The average Bonchev–Trinajstić information content (AvgIpc) is 2.76. The van der Waals surface area contributed by atoms with E-state index in [4.69, 9.17) is 0 Å². The molecule has 18 heavy (non-hydrogen) atoms. The SMILES string of the molecule is CCCC(=O)Nc1cccc(-c2ncn(C)n2)c1. The monoisotopic (exact) mass is 244 g/mol. The minimum Gasteiger partial charge on any atom is -0.326 e. The number of aromatic nitrogens is 3. The summed E-state index contributed by atoms with van der Waals surface area (Å²) in [4.78, 5) is 15.7. The Hall–Kier alpha value is -2.17. The highest BCUT2D eigenvalue weighted by Gasteiger charge is 2.05. The maximum atomic E-state index is 11.5. The lowest BCUT2D eigenvalue weighted by Gasteiger charge is -2.05. The van der Waals surface area contributed by atoms with Gasteiger partial charge in [0.05, 0.1) is 0 Å². The minimum absolute atomic E-state index is 0.0311. The van der Waals surface area contributed by atoms with E-state index < -0.39 is 0 Å². The van der Waals surface area contributed by atoms with Gasteiger partial charge in [-0.05, 0) is 18.6 Å². The van der Waals surface area contributed by atoms with Crippen molar-refractivity contribution in [1.82, 2.24) is 14.8 Å². The van der Waals surface area contributed by atoms with Crippen molar-refractivity contribution in [2.45, 2.75) is 19.8 Å². The lowest BCUT2D eigenvalue weighted by molar-refractivity contribution is -0.116. The van der Waals surface area contributed by atoms with E-state index >= 15 is 0 Å². The molecule has 0 radical (unpaired) electrons. The number of hydrogen-bond donors (Lipinski definition) is 1. The number of carbonyl (C=O) groups excluding carboxylic acids is 1. The molecule has 0 bridgehead atoms. The van der Waals surface area contributed by atoms with Crippen LogP contribution in [0.4, 0.5) is 5.69 Å². The van der Waals surface area contributed by atoms with Gasteiger partial charge in [-0.25, -0.2) is 4.98 Å². The molecule has 1 heterocycles. The molecule has 1 aromatic heterocycles. The summed E-state index contributed by atoms with van der Waals surface area (Å²) in [6.07, 6.45) is 3.02. The summed E-state index contributed by atoms with van der Waals surface area (Å²) in [5.74, 6) is 0.688. The highest BCUT2D eigenvalue weighted by atomic mass is 16.1. The Morgan fingerprint density at radius 1 is 1.44 bits per heavy atom. The van der Waals surface area contributed by atoms with Crippen LogP contribution in [0.25, 0.3) is 11.4 Å². The van der Waals surface area contributed by atoms with Crippen molar-refractivity contribution in [2.24, 2.45) is 7.05 Å². The first-order valence-electron chi connectivity index (χ1n) is 5.95. The van der Waals surface area contributed by atoms with Crippen molar-refractivity contribution in [3.63, 3.8) is 0 Å². The summed E-state index contributed by atoms with van der Waals surface area (Å²) in [5.41, 5.74) is 1.67. The molecule has 1 aromatic carbocycles. The van der Waals surface area contributed by atoms with Crippen LogP contribution in [0.5, 0.6) is 0 Å². The third kappa shape index (κ3) is 2.94. The number of anilines is 1. The van der Waals surface area contributed by atoms with Gasteiger partial charge in [0, 0.05) is 24.7 Å². The molecular formula is C13H16N4O. The van der Waals surface area contributed by atoms with Crippen LogP contribution in [0.1, 0.15) is 19.8 Å². The molecule has 0 aliphatic carbocycles. The number of amides is 1. The van der Waals surface area contributed by atoms with Crippen LogP contribution in [0.3, 0.4) is 0 Å². The molecule has 0 saturated heterocycles. The zero-order valence-corrected chi connectivity index (χ0v) is 10.6. The zero-order valence-electron chi connectivity index (χ0n) is 10.6. The van der Waals surface area contributed by atoms with Crippen LogP contribution < -0.4 is 5.32 Å². The topological polar surface area (TPSA) is 59.8 Å². The first-order valence-corrected chi connectivity index (χ1v) is 5.95. The van der Waals surface area contributed by atoms with E-state index in [9.17, 15) is 4.79 Å². The molecule has 0 saturated carbocycles. The standard InChI is InChI=1S/C13H16N4O/c1-3-5-12(18)15-11-7-4-6-10(8-11)13-14-9-17(2)16-13/h4,6-9H,3,5H2,1-2H3,(H,15,18). The van der Waals surface area contributed by atoms with Crippen LogP contribution in [0.15, 0.2) is 30.6 Å². The third-order valence-corrected chi connectivity index (χ3v) is 2.48. The molecule has 1 N–H and O–H groups in total. The van der Waals surface area contributed by atoms with E-state index in [0.717, 1.165) is 17.7 Å². The van der Waals surface area contributed by atoms with Crippen LogP contribution >= 0.6 is 0 Å². The molecule has 5 heteroatoms. The van der Waals surface area contributed by atoms with Gasteiger partial charge in [-0.2, -0.15) is 5.10 Å². The Morgan fingerprint density at radius 2 is 2.28 bits per heavy atom. The van der Waals surface area contributed by atoms with Gasteiger partial charge in [-0.3, -0.25) is 9.48 Å². The second-order valence-corrected chi connectivity index (χ2v) is 4.12. The van der Waals surface area contributed by atoms with Crippen LogP contribution in [0.2, 0.25) is 0 Å². The predicted molar refractivity (Wildman–Crippen MR) is 70.0 cm³/mol. The molecule has 0 unspecified atom stereocenters. The second kappa shape index (κ2) is 5.44. The van der Waals surface area contributed by atoms with Crippen molar-refractivity contribution in [3.8, 4) is 11.4 Å². The molecule has 0 fully saturated rings. The quantitative estimate of drug-likeness (QED) is 0.897. The van der Waals surface area contributed by atoms with Gasteiger partial charge in [0.15, 0.2) is 5.82 Å². The summed E-state index contributed by atoms with van der Waals surface area (Å²) >= 11 is 0. The van der Waals surface area contributed by atoms with Crippen LogP contribution in [0, 0.1) is 0 Å². The van der Waals surface area contributed by atoms with Crippen LogP contribution in [-0.2, 0) is 11.8 Å². The zero-order chi connectivity index (χ0) is 13.0. The summed E-state index contributed by atoms with van der Waals surface area (Å²) < 4.78 is 1.65. The predicted octanol–water partition coefficient (Wildman–Crippen LogP) is 2.22. The van der Waals surface area contributed by atoms with Crippen molar-refractivity contribution in [1.29, 1.82) is 0 Å². The van der Waals surface area contributed by atoms with E-state index in [1.807, 2.05) is 38.2 Å². The number of nitrogens with one attached hydrogen (secondary N) is 1. The highest BCUT2D eigenvalue weighted by molar-refractivity contribution is 5.91. The average molecular weight is 244 g/mol. The Bertz CT molecular complexity index is 547. The Kier molecular flexibility index (Phi) is 3.72. The molecule has 2 rings (SSSR count). The fourth-order valence-electron chi connectivity index (χ4n) is 1.66. The molecule has 0 aliphatic rings. The first kappa shape index (κ1) is 12.3. The molecule has 0 spiro atoms. The van der Waals surface area contributed by atoms with Gasteiger partial charge in [0.25, 0.3) is 0 Å². The highest BCUT2D eigenvalue weighted by Crippen LogP contribution is 2.19. The fourth-order valence-corrected chi connectivity index (χ4v) is 1.66. The summed E-state index contributed by atoms with van der Waals surface area (Å²) in [5, 5.41) is 7.09. The van der Waals surface area contributed by atoms with Gasteiger partial charge < -0.3 is 5.32 Å². The molecule has 94 valence electrons. The van der Waals surface area contributed by atoms with E-state index in [1.165, 1.54) is 0 Å². The number of carbonyl (C=O) groups is 1. The number of aryl methyl sites for hydroxylation is 1. The second-order valence-electron chi connectivity index (χ2n) is 4.12. The number of benzene rings is 1. The van der Waals surface area contributed by atoms with E-state index in [0.29, 0.717) is 12.2 Å². The molecule has 1 amide bonds. The lowest BCUT2D eigenvalue weighted by Crippen LogP contribution is -2.10. The van der Waals surface area contributed by atoms with Crippen LogP contribution in [-0.4, -0.2) is 20.7 Å². The van der Waals surface area contributed by atoms with Gasteiger partial charge >= 0.3 is 0 Å². The van der Waals surface area contributed by atoms with Gasteiger partial charge in [-0.15, -0.1) is 0 Å². The molecule has 0 atom stereocenters. The first-order chi connectivity index (χ1) is 8.69. The van der Waals surface area contributed by atoms with Gasteiger partial charge in [0.1, 0.15) is 6.33 Å². The molecular weight excluding hydrogens is 228 g/mol. The molecule has 0 aliphatic heterocycles. The van der Waals surface area contributed by atoms with E-state index in [2.05, 4.69) is 15.4 Å². The number of rotatable bonds is 4. The largest absolute Gasteiger partial charge is 0.326 e. The van der Waals surface area contributed by atoms with Gasteiger partial charge in [-0.1, -0.05) is 19.1 Å². The molecule has 2 aromatic rings. The summed E-state index contributed by atoms with van der Waals surface area (Å²) in [6, 6.07) is 7.54. The lowest BCUT2D eigenvalue weighted by atomic mass is 10.2. The normalized spacial score (nSPS) is 10.3. The van der Waals surface area contributed by atoms with E-state index in [-0.39, 0.29) is 5.91 Å².